The summed E-state index contributed by atoms with van der Waals surface area (Å²) in [5, 5.41) is 30.3. The highest BCUT2D eigenvalue weighted by Gasteiger charge is 2.63. The number of nitrogens with one attached hydrogen (secondary N) is 2. The summed E-state index contributed by atoms with van der Waals surface area (Å²) in [7, 11) is 0. The van der Waals surface area contributed by atoms with Crippen molar-refractivity contribution in [1.82, 2.24) is 10.6 Å². The van der Waals surface area contributed by atoms with Gasteiger partial charge in [-0.05, 0) is 92.4 Å². The van der Waals surface area contributed by atoms with E-state index in [9.17, 15) is 24.6 Å². The first-order valence-electron chi connectivity index (χ1n) is 16.1. The molecule has 0 radical (unpaired) electrons. The Balaban J connectivity index is 1.35. The lowest BCUT2D eigenvalue weighted by Gasteiger charge is -2.58. The van der Waals surface area contributed by atoms with Crippen LogP contribution in [0.4, 0.5) is 0 Å². The van der Waals surface area contributed by atoms with Crippen LogP contribution in [0.1, 0.15) is 99.3 Å². The molecule has 0 spiro atoms. The van der Waals surface area contributed by atoms with Gasteiger partial charge < -0.3 is 25.7 Å². The van der Waals surface area contributed by atoms with Crippen molar-refractivity contribution < 1.29 is 29.4 Å². The van der Waals surface area contributed by atoms with E-state index in [4.69, 9.17) is 11.3 Å². The van der Waals surface area contributed by atoms with Crippen LogP contribution in [0.5, 0.6) is 0 Å². The van der Waals surface area contributed by atoms with Crippen molar-refractivity contribution in [2.24, 2.45) is 45.6 Å². The summed E-state index contributed by atoms with van der Waals surface area (Å²) in [5.41, 5.74) is 1.09. The number of hydrogen-bond donors (Lipinski definition) is 4. The van der Waals surface area contributed by atoms with E-state index >= 15 is 0 Å². The normalized spacial score (nSPS) is 36.2. The van der Waals surface area contributed by atoms with E-state index in [-0.39, 0.29) is 29.3 Å². The second kappa shape index (κ2) is 12.6. The summed E-state index contributed by atoms with van der Waals surface area (Å²) in [6.07, 6.45) is 16.1. The molecular weight excluding hydrogens is 546 g/mol. The summed E-state index contributed by atoms with van der Waals surface area (Å²) >= 11 is 0. The number of allylic oxidation sites excluding steroid dienone is 2. The average Bonchev–Trinajstić information content (AvgIpc) is 3.24. The third kappa shape index (κ3) is 6.09. The van der Waals surface area contributed by atoms with Gasteiger partial charge in [-0.3, -0.25) is 9.59 Å². The van der Waals surface area contributed by atoms with Gasteiger partial charge in [0.2, 0.25) is 5.91 Å². The number of carboxylic acid groups (broad SMARTS) is 1. The first-order chi connectivity index (χ1) is 20.2. The molecule has 3 saturated carbocycles. The standard InChI is InChI=1S/C34H51N3O6/c1-8-21(5)29(31(40)41)36-30(39)28(20(3)4)35-27(38)19-43-37-23-12-15-32(6)22(18-23)10-11-24-25(32)13-16-33(7)26(24)14-17-34(33,42)9-2/h2,18,20-21,24-26,28-29,42H,8,10-17,19H2,1,3-7H3,(H,35,38)(H,36,39)(H,40,41)/b37-23-/t21-,24+,25-,26+,28-,29-,32-,33-,34+/m0/s1. The molecule has 0 aromatic rings. The fourth-order valence-electron chi connectivity index (χ4n) is 8.75. The second-order valence-electron chi connectivity index (χ2n) is 14.4. The number of fused-ring (bicyclic) bond motifs is 5. The van der Waals surface area contributed by atoms with Crippen molar-refractivity contribution in [1.29, 1.82) is 0 Å². The van der Waals surface area contributed by atoms with Crippen LogP contribution in [-0.2, 0) is 19.2 Å². The molecule has 0 unspecified atom stereocenters. The number of carbonyl (C=O) groups is 3. The lowest BCUT2D eigenvalue weighted by atomic mass is 9.46. The molecule has 0 aliphatic heterocycles. The smallest absolute Gasteiger partial charge is 0.326 e. The van der Waals surface area contributed by atoms with Gasteiger partial charge in [-0.1, -0.05) is 64.6 Å². The first-order valence-corrected chi connectivity index (χ1v) is 16.1. The molecule has 238 valence electrons. The first kappa shape index (κ1) is 33.0. The van der Waals surface area contributed by atoms with Crippen molar-refractivity contribution in [2.75, 3.05) is 6.61 Å². The molecular formula is C34H51N3O6. The molecule has 9 nitrogen and oxygen atoms in total. The van der Waals surface area contributed by atoms with Gasteiger partial charge in [0.25, 0.3) is 5.91 Å². The topological polar surface area (TPSA) is 137 Å². The van der Waals surface area contributed by atoms with Gasteiger partial charge in [0.15, 0.2) is 6.61 Å². The zero-order chi connectivity index (χ0) is 31.7. The number of rotatable bonds is 10. The molecule has 0 aromatic carbocycles. The van der Waals surface area contributed by atoms with Gasteiger partial charge in [-0.25, -0.2) is 4.79 Å². The molecule has 0 saturated heterocycles. The minimum absolute atomic E-state index is 0.0818. The lowest BCUT2D eigenvalue weighted by Crippen LogP contribution is -2.55. The molecule has 0 bridgehead atoms. The number of aliphatic hydroxyl groups is 1. The van der Waals surface area contributed by atoms with Gasteiger partial charge in [-0.15, -0.1) is 6.42 Å². The Bertz CT molecular complexity index is 1200. The highest BCUT2D eigenvalue weighted by Crippen LogP contribution is 2.67. The monoisotopic (exact) mass is 597 g/mol. The largest absolute Gasteiger partial charge is 0.480 e. The second-order valence-corrected chi connectivity index (χ2v) is 14.4. The fourth-order valence-corrected chi connectivity index (χ4v) is 8.75. The van der Waals surface area contributed by atoms with Crippen LogP contribution in [0.2, 0.25) is 0 Å². The molecule has 3 fully saturated rings. The molecule has 4 rings (SSSR count). The van der Waals surface area contributed by atoms with Crippen LogP contribution in [-0.4, -0.2) is 58.0 Å². The molecule has 0 aromatic heterocycles. The minimum Gasteiger partial charge on any atom is -0.480 e. The Kier molecular flexibility index (Phi) is 9.71. The van der Waals surface area contributed by atoms with Crippen LogP contribution in [0.3, 0.4) is 0 Å². The highest BCUT2D eigenvalue weighted by molar-refractivity contribution is 5.96. The summed E-state index contributed by atoms with van der Waals surface area (Å²) in [6.45, 7) is 11.5. The number of terminal acetylenes is 1. The van der Waals surface area contributed by atoms with E-state index < -0.39 is 35.5 Å². The van der Waals surface area contributed by atoms with Gasteiger partial charge in [0.1, 0.15) is 17.7 Å². The Morgan fingerprint density at radius 1 is 1.07 bits per heavy atom. The molecule has 4 aliphatic rings. The molecule has 4 N–H and O–H groups in total. The quantitative estimate of drug-likeness (QED) is 0.217. The maximum atomic E-state index is 12.9. The number of nitrogens with zero attached hydrogens (tertiary/aromatic N) is 1. The van der Waals surface area contributed by atoms with Gasteiger partial charge in [-0.2, -0.15) is 0 Å². The van der Waals surface area contributed by atoms with E-state index in [0.717, 1.165) is 50.7 Å². The number of hydrogen-bond acceptors (Lipinski definition) is 6. The van der Waals surface area contributed by atoms with E-state index in [2.05, 4.69) is 41.6 Å². The molecule has 0 heterocycles. The Morgan fingerprint density at radius 2 is 1.77 bits per heavy atom. The van der Waals surface area contributed by atoms with E-state index in [1.54, 1.807) is 20.8 Å². The zero-order valence-corrected chi connectivity index (χ0v) is 26.7. The number of amides is 2. The van der Waals surface area contributed by atoms with E-state index in [1.165, 1.54) is 5.57 Å². The van der Waals surface area contributed by atoms with Crippen molar-refractivity contribution in [3.05, 3.63) is 11.6 Å². The minimum atomic E-state index is -1.10. The molecule has 43 heavy (non-hydrogen) atoms. The predicted molar refractivity (Wildman–Crippen MR) is 165 cm³/mol. The number of carboxylic acids is 1. The Morgan fingerprint density at radius 3 is 2.40 bits per heavy atom. The third-order valence-corrected chi connectivity index (χ3v) is 11.8. The summed E-state index contributed by atoms with van der Waals surface area (Å²) in [5.74, 6) is 1.70. The number of carbonyl (C=O) groups excluding carboxylic acids is 2. The lowest BCUT2D eigenvalue weighted by molar-refractivity contribution is -0.144. The predicted octanol–water partition coefficient (Wildman–Crippen LogP) is 4.44. The van der Waals surface area contributed by atoms with Crippen LogP contribution in [0.25, 0.3) is 0 Å². The van der Waals surface area contributed by atoms with Crippen LogP contribution in [0.15, 0.2) is 16.8 Å². The average molecular weight is 598 g/mol. The molecule has 4 aliphatic carbocycles. The van der Waals surface area contributed by atoms with Crippen LogP contribution < -0.4 is 10.6 Å². The summed E-state index contributed by atoms with van der Waals surface area (Å²) < 4.78 is 0. The summed E-state index contributed by atoms with van der Waals surface area (Å²) in [6, 6.07) is -1.92. The number of oxime groups is 1. The van der Waals surface area contributed by atoms with Crippen LogP contribution in [0, 0.1) is 52.8 Å². The van der Waals surface area contributed by atoms with Gasteiger partial charge >= 0.3 is 5.97 Å². The van der Waals surface area contributed by atoms with Gasteiger partial charge in [0, 0.05) is 5.41 Å². The fraction of sp³-hybridized carbons (Fsp3) is 0.765. The molecule has 9 atom stereocenters. The zero-order valence-electron chi connectivity index (χ0n) is 26.7. The Labute approximate surface area is 256 Å². The summed E-state index contributed by atoms with van der Waals surface area (Å²) in [4.78, 5) is 42.7. The molecule has 9 heteroatoms. The van der Waals surface area contributed by atoms with Crippen molar-refractivity contribution in [3.63, 3.8) is 0 Å². The molecule has 2 amide bonds. The SMILES string of the molecule is C#C[C@@]1(O)CC[C@@H]2[C@@H]3CCC4=C/C(=N\OCC(=O)N[C@H](C(=O)N[C@H](C(=O)O)[C@@H](C)CC)C(C)C)CC[C@]4(C)[C@H]3CC[C@@]21C. The Hall–Kier alpha value is -2.86. The van der Waals surface area contributed by atoms with E-state index in [1.807, 2.05) is 6.92 Å². The van der Waals surface area contributed by atoms with Crippen molar-refractivity contribution in [3.8, 4) is 12.3 Å². The maximum absolute atomic E-state index is 12.9. The van der Waals surface area contributed by atoms with Crippen LogP contribution >= 0.6 is 0 Å². The van der Waals surface area contributed by atoms with E-state index in [0.29, 0.717) is 30.6 Å². The highest BCUT2D eigenvalue weighted by atomic mass is 16.6. The third-order valence-electron chi connectivity index (χ3n) is 11.8. The van der Waals surface area contributed by atoms with Crippen molar-refractivity contribution >= 4 is 23.5 Å². The maximum Gasteiger partial charge on any atom is 0.326 e. The number of aliphatic carboxylic acids is 1. The van der Waals surface area contributed by atoms with Crippen molar-refractivity contribution in [2.45, 2.75) is 117 Å². The van der Waals surface area contributed by atoms with Gasteiger partial charge in [0.05, 0.1) is 5.71 Å².